The van der Waals surface area contributed by atoms with Gasteiger partial charge in [-0.2, -0.15) is 4.98 Å². The van der Waals surface area contributed by atoms with Crippen molar-refractivity contribution in [2.75, 3.05) is 43.3 Å². The average molecular weight is 451 g/mol. The van der Waals surface area contributed by atoms with E-state index in [0.717, 1.165) is 41.9 Å². The number of rotatable bonds is 5. The van der Waals surface area contributed by atoms with E-state index in [1.54, 1.807) is 26.4 Å². The van der Waals surface area contributed by atoms with Gasteiger partial charge < -0.3 is 31.2 Å². The van der Waals surface area contributed by atoms with Gasteiger partial charge in [0.1, 0.15) is 5.82 Å². The minimum Gasteiger partial charge on any atom is -0.493 e. The molecule has 1 saturated heterocycles. The van der Waals surface area contributed by atoms with Crippen molar-refractivity contribution >= 4 is 58.1 Å². The summed E-state index contributed by atoms with van der Waals surface area (Å²) in [5.74, 6) is 2.47. The highest BCUT2D eigenvalue weighted by molar-refractivity contribution is 6.33. The number of nitrogens with zero attached hydrogens (tertiary/aromatic N) is 3. The first-order valence-electron chi connectivity index (χ1n) is 9.25. The van der Waals surface area contributed by atoms with Crippen molar-refractivity contribution in [2.24, 2.45) is 5.73 Å². The van der Waals surface area contributed by atoms with Gasteiger partial charge in [0.05, 0.1) is 30.4 Å². The van der Waals surface area contributed by atoms with Gasteiger partial charge in [0.2, 0.25) is 5.95 Å². The molecule has 1 aliphatic heterocycles. The van der Waals surface area contributed by atoms with E-state index in [0.29, 0.717) is 28.2 Å². The number of ether oxygens (including phenoxy) is 2. The summed E-state index contributed by atoms with van der Waals surface area (Å²) < 4.78 is 10.9. The van der Waals surface area contributed by atoms with Gasteiger partial charge in [0.15, 0.2) is 11.5 Å². The average Bonchev–Trinajstić information content (AvgIpc) is 3.15. The van der Waals surface area contributed by atoms with Crippen LogP contribution in [-0.2, 0) is 0 Å². The minimum absolute atomic E-state index is 0. The number of halogens is 2. The van der Waals surface area contributed by atoms with E-state index in [2.05, 4.69) is 15.2 Å². The first-order valence-corrected chi connectivity index (χ1v) is 9.62. The number of nitrogen functional groups attached to an aromatic ring is 1. The van der Waals surface area contributed by atoms with Gasteiger partial charge in [-0.3, -0.25) is 0 Å². The van der Waals surface area contributed by atoms with Gasteiger partial charge in [-0.05, 0) is 30.7 Å². The molecular weight excluding hydrogens is 427 g/mol. The number of nitrogens with one attached hydrogen (secondary N) is 1. The van der Waals surface area contributed by atoms with Crippen molar-refractivity contribution in [3.8, 4) is 11.5 Å². The lowest BCUT2D eigenvalue weighted by Crippen LogP contribution is -2.27. The molecule has 160 valence electrons. The van der Waals surface area contributed by atoms with E-state index in [9.17, 15) is 0 Å². The van der Waals surface area contributed by atoms with Crippen LogP contribution in [0.4, 0.5) is 23.1 Å². The Labute approximate surface area is 185 Å². The second-order valence-electron chi connectivity index (χ2n) is 6.95. The van der Waals surface area contributed by atoms with Crippen molar-refractivity contribution in [2.45, 2.75) is 12.5 Å². The molecule has 2 heterocycles. The fourth-order valence-electron chi connectivity index (χ4n) is 3.47. The lowest BCUT2D eigenvalue weighted by atomic mass is 10.2. The number of anilines is 4. The molecule has 0 radical (unpaired) electrons. The maximum atomic E-state index is 6.13. The van der Waals surface area contributed by atoms with Crippen LogP contribution < -0.4 is 31.2 Å². The molecule has 0 saturated carbocycles. The van der Waals surface area contributed by atoms with Gasteiger partial charge in [-0.25, -0.2) is 4.98 Å². The number of nitrogens with two attached hydrogens (primary N) is 2. The smallest absolute Gasteiger partial charge is 0.229 e. The van der Waals surface area contributed by atoms with Crippen LogP contribution in [0.3, 0.4) is 0 Å². The van der Waals surface area contributed by atoms with E-state index in [4.69, 9.17) is 37.5 Å². The Bertz CT molecular complexity index is 1070. The van der Waals surface area contributed by atoms with Gasteiger partial charge in [-0.1, -0.05) is 11.6 Å². The molecule has 0 aliphatic carbocycles. The molecule has 4 rings (SSSR count). The molecule has 1 fully saturated rings. The Balaban J connectivity index is 0.00000256. The van der Waals surface area contributed by atoms with Gasteiger partial charge in [0, 0.05) is 36.3 Å². The molecular formula is C20H24Cl2N6O2. The Morgan fingerprint density at radius 3 is 2.50 bits per heavy atom. The predicted octanol–water partition coefficient (Wildman–Crippen LogP) is 3.59. The summed E-state index contributed by atoms with van der Waals surface area (Å²) in [6.45, 7) is 1.56. The van der Waals surface area contributed by atoms with Crippen molar-refractivity contribution < 1.29 is 9.47 Å². The van der Waals surface area contributed by atoms with E-state index >= 15 is 0 Å². The Morgan fingerprint density at radius 2 is 1.87 bits per heavy atom. The SMILES string of the molecule is COc1cc2nc(Nc3ccc(Cl)c(N)c3)nc(N3CC[C@H](N)C3)c2cc1OC.Cl. The van der Waals surface area contributed by atoms with Crippen LogP contribution in [0.15, 0.2) is 30.3 Å². The highest BCUT2D eigenvalue weighted by Crippen LogP contribution is 2.37. The third-order valence-corrected chi connectivity index (χ3v) is 5.30. The minimum atomic E-state index is 0. The molecule has 2 aromatic carbocycles. The number of benzene rings is 2. The van der Waals surface area contributed by atoms with Crippen molar-refractivity contribution in [3.05, 3.63) is 35.4 Å². The lowest BCUT2D eigenvalue weighted by molar-refractivity contribution is 0.356. The molecule has 10 heteroatoms. The van der Waals surface area contributed by atoms with Crippen LogP contribution in [0.1, 0.15) is 6.42 Å². The normalized spacial score (nSPS) is 15.7. The van der Waals surface area contributed by atoms with Gasteiger partial charge >= 0.3 is 0 Å². The van der Waals surface area contributed by atoms with E-state index in [1.165, 1.54) is 0 Å². The summed E-state index contributed by atoms with van der Waals surface area (Å²) >= 11 is 6.02. The second-order valence-corrected chi connectivity index (χ2v) is 7.36. The molecule has 0 spiro atoms. The Hall–Kier alpha value is -2.68. The molecule has 5 N–H and O–H groups in total. The number of aromatic nitrogens is 2. The molecule has 1 aromatic heterocycles. The highest BCUT2D eigenvalue weighted by atomic mass is 35.5. The largest absolute Gasteiger partial charge is 0.493 e. The van der Waals surface area contributed by atoms with Crippen LogP contribution in [0.5, 0.6) is 11.5 Å². The molecule has 1 aliphatic rings. The first-order chi connectivity index (χ1) is 14.0. The van der Waals surface area contributed by atoms with E-state index in [-0.39, 0.29) is 18.4 Å². The maximum Gasteiger partial charge on any atom is 0.229 e. The van der Waals surface area contributed by atoms with Crippen LogP contribution >= 0.6 is 24.0 Å². The zero-order valence-corrected chi connectivity index (χ0v) is 18.3. The summed E-state index contributed by atoms with van der Waals surface area (Å²) in [6, 6.07) is 9.16. The lowest BCUT2D eigenvalue weighted by Gasteiger charge is -2.21. The van der Waals surface area contributed by atoms with Crippen molar-refractivity contribution in [1.29, 1.82) is 0 Å². The number of methoxy groups -OCH3 is 2. The zero-order chi connectivity index (χ0) is 20.5. The van der Waals surface area contributed by atoms with Crippen LogP contribution in [0.25, 0.3) is 10.9 Å². The van der Waals surface area contributed by atoms with Crippen LogP contribution in [0.2, 0.25) is 5.02 Å². The summed E-state index contributed by atoms with van der Waals surface area (Å²) in [6.07, 6.45) is 0.912. The fraction of sp³-hybridized carbons (Fsp3) is 0.300. The molecule has 0 unspecified atom stereocenters. The quantitative estimate of drug-likeness (QED) is 0.505. The molecule has 0 bridgehead atoms. The summed E-state index contributed by atoms with van der Waals surface area (Å²) in [4.78, 5) is 11.6. The highest BCUT2D eigenvalue weighted by Gasteiger charge is 2.24. The topological polar surface area (TPSA) is 112 Å². The van der Waals surface area contributed by atoms with Crippen LogP contribution in [0, 0.1) is 0 Å². The van der Waals surface area contributed by atoms with Gasteiger partial charge in [0.25, 0.3) is 0 Å². The van der Waals surface area contributed by atoms with Crippen LogP contribution in [-0.4, -0.2) is 43.3 Å². The third-order valence-electron chi connectivity index (χ3n) is 4.96. The molecule has 3 aromatic rings. The number of hydrogen-bond donors (Lipinski definition) is 3. The third kappa shape index (κ3) is 4.26. The molecule has 1 atom stereocenters. The molecule has 8 nitrogen and oxygen atoms in total. The monoisotopic (exact) mass is 450 g/mol. The number of hydrogen-bond acceptors (Lipinski definition) is 8. The molecule has 0 amide bonds. The van der Waals surface area contributed by atoms with Gasteiger partial charge in [-0.15, -0.1) is 12.4 Å². The fourth-order valence-corrected chi connectivity index (χ4v) is 3.58. The summed E-state index contributed by atoms with van der Waals surface area (Å²) in [5, 5.41) is 4.59. The van der Waals surface area contributed by atoms with Crippen molar-refractivity contribution in [3.63, 3.8) is 0 Å². The molecule has 30 heavy (non-hydrogen) atoms. The first kappa shape index (κ1) is 22.0. The van der Waals surface area contributed by atoms with Crippen molar-refractivity contribution in [1.82, 2.24) is 9.97 Å². The summed E-state index contributed by atoms with van der Waals surface area (Å²) in [5.41, 5.74) is 14.0. The Kier molecular flexibility index (Phi) is 6.60. The summed E-state index contributed by atoms with van der Waals surface area (Å²) in [7, 11) is 3.21. The maximum absolute atomic E-state index is 6.13. The predicted molar refractivity (Wildman–Crippen MR) is 124 cm³/mol. The Morgan fingerprint density at radius 1 is 1.13 bits per heavy atom. The van der Waals surface area contributed by atoms with E-state index < -0.39 is 0 Å². The number of fused-ring (bicyclic) bond motifs is 1. The second kappa shape index (κ2) is 8.99. The zero-order valence-electron chi connectivity index (χ0n) is 16.7. The van der Waals surface area contributed by atoms with E-state index in [1.807, 2.05) is 18.2 Å². The standard InChI is InChI=1S/C20H23ClN6O2.ClH/c1-28-17-8-13-16(9-18(17)29-2)25-20(24-12-3-4-14(21)15(23)7-12)26-19(13)27-6-5-11(22)10-27;/h3-4,7-9,11H,5-6,10,22-23H2,1-2H3,(H,24,25,26);1H/t11-;/m0./s1.